The fourth-order valence-electron chi connectivity index (χ4n) is 2.64. The van der Waals surface area contributed by atoms with Gasteiger partial charge in [-0.3, -0.25) is 0 Å². The average molecular weight is 372 g/mol. The number of aryl methyl sites for hydroxylation is 1. The van der Waals surface area contributed by atoms with Gasteiger partial charge in [0, 0.05) is 23.4 Å². The molecular formula is C20H16N6O2. The fourth-order valence-corrected chi connectivity index (χ4v) is 2.64. The van der Waals surface area contributed by atoms with Crippen LogP contribution >= 0.6 is 0 Å². The molecule has 0 aliphatic rings. The maximum Gasteiger partial charge on any atom is 0.260 e. The highest BCUT2D eigenvalue weighted by atomic mass is 16.4. The zero-order valence-corrected chi connectivity index (χ0v) is 15.2. The molecule has 3 heterocycles. The molecule has 4 aromatic rings. The molecule has 0 saturated heterocycles. The lowest BCUT2D eigenvalue weighted by molar-refractivity contribution is 0.0881. The molecule has 1 atom stereocenters. The number of nitrogen functional groups attached to an aromatic ring is 1. The first-order chi connectivity index (χ1) is 13.4. The molecule has 28 heavy (non-hydrogen) atoms. The van der Waals surface area contributed by atoms with Crippen molar-refractivity contribution in [1.29, 1.82) is 0 Å². The molecule has 0 aliphatic heterocycles. The molecular weight excluding hydrogens is 356 g/mol. The van der Waals surface area contributed by atoms with Crippen LogP contribution in [0.2, 0.25) is 0 Å². The van der Waals surface area contributed by atoms with E-state index in [1.807, 2.05) is 36.4 Å². The molecule has 0 fully saturated rings. The predicted molar refractivity (Wildman–Crippen MR) is 103 cm³/mol. The summed E-state index contributed by atoms with van der Waals surface area (Å²) in [5.74, 6) is 6.42. The minimum absolute atomic E-state index is 0.0569. The van der Waals surface area contributed by atoms with Crippen LogP contribution in [0.3, 0.4) is 0 Å². The van der Waals surface area contributed by atoms with Gasteiger partial charge in [-0.2, -0.15) is 5.10 Å². The van der Waals surface area contributed by atoms with Crippen molar-refractivity contribution in [2.45, 2.75) is 19.4 Å². The molecule has 0 amide bonds. The highest BCUT2D eigenvalue weighted by Crippen LogP contribution is 2.23. The van der Waals surface area contributed by atoms with Crippen LogP contribution in [-0.4, -0.2) is 30.5 Å². The topological polar surface area (TPSA) is 124 Å². The van der Waals surface area contributed by atoms with E-state index in [0.717, 1.165) is 16.6 Å². The molecule has 8 heteroatoms. The quantitative estimate of drug-likeness (QED) is 0.513. The first-order valence-electron chi connectivity index (χ1n) is 8.47. The lowest BCUT2D eigenvalue weighted by Gasteiger charge is -2.10. The monoisotopic (exact) mass is 372 g/mol. The number of benzene rings is 1. The third-order valence-corrected chi connectivity index (χ3v) is 4.08. The molecule has 3 aromatic heterocycles. The Morgan fingerprint density at radius 3 is 2.79 bits per heavy atom. The molecule has 1 aromatic carbocycles. The van der Waals surface area contributed by atoms with E-state index in [-0.39, 0.29) is 11.7 Å². The Morgan fingerprint density at radius 1 is 1.14 bits per heavy atom. The summed E-state index contributed by atoms with van der Waals surface area (Å²) in [5, 5.41) is 26.5. The van der Waals surface area contributed by atoms with Gasteiger partial charge >= 0.3 is 0 Å². The van der Waals surface area contributed by atoms with Crippen molar-refractivity contribution in [2.75, 3.05) is 5.73 Å². The van der Waals surface area contributed by atoms with E-state index in [1.54, 1.807) is 13.1 Å². The maximum atomic E-state index is 10.5. The number of hydrogen-bond acceptors (Lipinski definition) is 8. The number of aliphatic hydroxyl groups is 1. The summed E-state index contributed by atoms with van der Waals surface area (Å²) in [6.07, 6.45) is 1.62. The summed E-state index contributed by atoms with van der Waals surface area (Å²) in [7, 11) is 0. The Balaban J connectivity index is 1.69. The van der Waals surface area contributed by atoms with Crippen molar-refractivity contribution in [3.8, 4) is 23.1 Å². The molecule has 138 valence electrons. The van der Waals surface area contributed by atoms with Crippen molar-refractivity contribution in [3.05, 3.63) is 59.9 Å². The molecule has 4 rings (SSSR count). The van der Waals surface area contributed by atoms with Gasteiger partial charge in [-0.1, -0.05) is 24.0 Å². The third-order valence-electron chi connectivity index (χ3n) is 4.08. The lowest BCUT2D eigenvalue weighted by Crippen LogP contribution is -2.19. The molecule has 3 N–H and O–H groups in total. The minimum atomic E-state index is -1.55. The smallest absolute Gasteiger partial charge is 0.260 e. The van der Waals surface area contributed by atoms with E-state index >= 15 is 0 Å². The van der Waals surface area contributed by atoms with Crippen LogP contribution in [0.1, 0.15) is 24.3 Å². The highest BCUT2D eigenvalue weighted by molar-refractivity contribution is 5.88. The summed E-state index contributed by atoms with van der Waals surface area (Å²) < 4.78 is 5.27. The summed E-state index contributed by atoms with van der Waals surface area (Å²) in [4.78, 5) is 4.59. The van der Waals surface area contributed by atoms with E-state index in [4.69, 9.17) is 10.2 Å². The van der Waals surface area contributed by atoms with E-state index in [0.29, 0.717) is 17.0 Å². The Kier molecular flexibility index (Phi) is 4.22. The normalized spacial score (nSPS) is 13.0. The van der Waals surface area contributed by atoms with Crippen LogP contribution in [0.5, 0.6) is 0 Å². The van der Waals surface area contributed by atoms with Crippen LogP contribution in [0, 0.1) is 18.8 Å². The van der Waals surface area contributed by atoms with E-state index in [9.17, 15) is 5.11 Å². The second-order valence-corrected chi connectivity index (χ2v) is 6.39. The molecule has 1 unspecified atom stereocenters. The van der Waals surface area contributed by atoms with Crippen LogP contribution in [0.25, 0.3) is 22.2 Å². The Morgan fingerprint density at radius 2 is 2.00 bits per heavy atom. The second kappa shape index (κ2) is 6.72. The van der Waals surface area contributed by atoms with Crippen LogP contribution in [0.4, 0.5) is 5.82 Å². The van der Waals surface area contributed by atoms with E-state index in [2.05, 4.69) is 37.2 Å². The molecule has 0 spiro atoms. The minimum Gasteiger partial charge on any atom is -0.421 e. The lowest BCUT2D eigenvalue weighted by atomic mass is 10.0. The Labute approximate surface area is 160 Å². The first-order valence-corrected chi connectivity index (χ1v) is 8.47. The van der Waals surface area contributed by atoms with Gasteiger partial charge < -0.3 is 15.3 Å². The zero-order chi connectivity index (χ0) is 19.7. The molecule has 0 aliphatic carbocycles. The molecule has 8 nitrogen and oxygen atoms in total. The van der Waals surface area contributed by atoms with E-state index in [1.165, 1.54) is 6.92 Å². The van der Waals surface area contributed by atoms with Gasteiger partial charge in [0.2, 0.25) is 11.5 Å². The number of hydrogen-bond donors (Lipinski definition) is 2. The van der Waals surface area contributed by atoms with Gasteiger partial charge in [-0.15, -0.1) is 15.3 Å². The Hall–Kier alpha value is -3.83. The predicted octanol–water partition coefficient (Wildman–Crippen LogP) is 2.22. The number of rotatable bonds is 2. The first kappa shape index (κ1) is 17.6. The van der Waals surface area contributed by atoms with Gasteiger partial charge in [-0.05, 0) is 31.2 Å². The third kappa shape index (κ3) is 3.39. The van der Waals surface area contributed by atoms with Crippen molar-refractivity contribution in [3.63, 3.8) is 0 Å². The summed E-state index contributed by atoms with van der Waals surface area (Å²) >= 11 is 0. The zero-order valence-electron chi connectivity index (χ0n) is 15.2. The van der Waals surface area contributed by atoms with Gasteiger partial charge in [-0.25, -0.2) is 4.98 Å². The van der Waals surface area contributed by atoms with Crippen LogP contribution in [0.15, 0.2) is 47.0 Å². The van der Waals surface area contributed by atoms with Crippen molar-refractivity contribution >= 4 is 16.7 Å². The number of fused-ring (bicyclic) bond motifs is 1. The van der Waals surface area contributed by atoms with E-state index < -0.39 is 5.60 Å². The van der Waals surface area contributed by atoms with Gasteiger partial charge in [0.1, 0.15) is 5.52 Å². The van der Waals surface area contributed by atoms with Crippen molar-refractivity contribution in [2.24, 2.45) is 0 Å². The summed E-state index contributed by atoms with van der Waals surface area (Å²) in [5.41, 5.74) is 7.22. The number of aromatic nitrogens is 5. The average Bonchev–Trinajstić information content (AvgIpc) is 3.14. The number of anilines is 1. The van der Waals surface area contributed by atoms with Crippen molar-refractivity contribution < 1.29 is 9.52 Å². The van der Waals surface area contributed by atoms with Gasteiger partial charge in [0.05, 0.1) is 11.9 Å². The Bertz CT molecular complexity index is 1240. The van der Waals surface area contributed by atoms with Crippen LogP contribution in [-0.2, 0) is 5.60 Å². The molecule has 0 bridgehead atoms. The fraction of sp³-hybridized carbons (Fsp3) is 0.150. The standard InChI is InChI=1S/C20H16N6O2/c1-12-24-26-19(28-12)20(2,27)9-8-13-4-3-5-14(10-13)16-7-6-15-11-22-25-18(21)17(15)23-16/h3-7,10-11,27H,1-2H3,(H2,21,25). The van der Waals surface area contributed by atoms with Gasteiger partial charge in [0.15, 0.2) is 5.82 Å². The van der Waals surface area contributed by atoms with Crippen LogP contribution < -0.4 is 5.73 Å². The summed E-state index contributed by atoms with van der Waals surface area (Å²) in [6, 6.07) is 11.3. The molecule has 0 radical (unpaired) electrons. The SMILES string of the molecule is Cc1nnc(C(C)(O)C#Cc2cccc(-c3ccc4cnnc(N)c4n3)c2)o1. The van der Waals surface area contributed by atoms with Gasteiger partial charge in [0.25, 0.3) is 5.89 Å². The number of nitrogens with two attached hydrogens (primary N) is 1. The largest absolute Gasteiger partial charge is 0.421 e. The summed E-state index contributed by atoms with van der Waals surface area (Å²) in [6.45, 7) is 3.16. The number of pyridine rings is 1. The number of nitrogens with zero attached hydrogens (tertiary/aromatic N) is 5. The second-order valence-electron chi connectivity index (χ2n) is 6.39. The molecule has 0 saturated carbocycles. The maximum absolute atomic E-state index is 10.5. The highest BCUT2D eigenvalue weighted by Gasteiger charge is 2.27. The van der Waals surface area contributed by atoms with Crippen molar-refractivity contribution in [1.82, 2.24) is 25.4 Å².